The van der Waals surface area contributed by atoms with Gasteiger partial charge in [-0.1, -0.05) is 19.1 Å². The second-order valence-electron chi connectivity index (χ2n) is 4.62. The molecule has 0 aliphatic rings. The van der Waals surface area contributed by atoms with Gasteiger partial charge in [-0.3, -0.25) is 0 Å². The normalized spacial score (nSPS) is 10.3. The molecule has 2 N–H and O–H groups in total. The number of aromatic carboxylic acids is 1. The van der Waals surface area contributed by atoms with Gasteiger partial charge in [0.2, 0.25) is 0 Å². The largest absolute Gasteiger partial charge is 0.493 e. The van der Waals surface area contributed by atoms with Crippen molar-refractivity contribution >= 4 is 11.8 Å². The number of benzene rings is 1. The number of carboxylic acid groups (broad SMARTS) is 1. The molecule has 0 spiro atoms. The molecule has 6 heteroatoms. The highest BCUT2D eigenvalue weighted by atomic mass is 16.5. The molecule has 0 saturated heterocycles. The highest BCUT2D eigenvalue weighted by Crippen LogP contribution is 2.28. The summed E-state index contributed by atoms with van der Waals surface area (Å²) in [4.78, 5) is 19.8. The van der Waals surface area contributed by atoms with Gasteiger partial charge in [-0.15, -0.1) is 0 Å². The Labute approximate surface area is 129 Å². The molecule has 0 saturated carbocycles. The van der Waals surface area contributed by atoms with E-state index in [1.807, 2.05) is 38.1 Å². The van der Waals surface area contributed by atoms with E-state index in [0.29, 0.717) is 36.1 Å². The minimum atomic E-state index is -1.09. The molecule has 116 valence electrons. The smallest absolute Gasteiger partial charge is 0.354 e. The van der Waals surface area contributed by atoms with Crippen LogP contribution in [0.15, 0.2) is 30.3 Å². The van der Waals surface area contributed by atoms with E-state index in [-0.39, 0.29) is 5.69 Å². The first-order valence-electron chi connectivity index (χ1n) is 7.24. The number of carboxylic acids is 1. The molecule has 0 bridgehead atoms. The van der Waals surface area contributed by atoms with Crippen molar-refractivity contribution in [1.29, 1.82) is 0 Å². The van der Waals surface area contributed by atoms with Crippen LogP contribution in [-0.4, -0.2) is 34.2 Å². The van der Waals surface area contributed by atoms with E-state index in [2.05, 4.69) is 15.3 Å². The Hall–Kier alpha value is -2.63. The van der Waals surface area contributed by atoms with Gasteiger partial charge in [0, 0.05) is 12.6 Å². The number of aromatic nitrogens is 2. The van der Waals surface area contributed by atoms with Crippen molar-refractivity contribution in [3.8, 4) is 17.1 Å². The van der Waals surface area contributed by atoms with Gasteiger partial charge in [0.1, 0.15) is 11.6 Å². The van der Waals surface area contributed by atoms with Crippen LogP contribution >= 0.6 is 0 Å². The van der Waals surface area contributed by atoms with Crippen LogP contribution in [0.3, 0.4) is 0 Å². The van der Waals surface area contributed by atoms with E-state index in [1.54, 1.807) is 0 Å². The molecule has 1 aromatic carbocycles. The summed E-state index contributed by atoms with van der Waals surface area (Å²) in [5.74, 6) is 0.379. The van der Waals surface area contributed by atoms with Gasteiger partial charge >= 0.3 is 5.97 Å². The fourth-order valence-corrected chi connectivity index (χ4v) is 1.95. The molecule has 2 aromatic rings. The van der Waals surface area contributed by atoms with Gasteiger partial charge in [0.05, 0.1) is 12.2 Å². The van der Waals surface area contributed by atoms with Crippen LogP contribution in [0, 0.1) is 0 Å². The van der Waals surface area contributed by atoms with E-state index in [9.17, 15) is 9.90 Å². The molecule has 0 radical (unpaired) electrons. The van der Waals surface area contributed by atoms with Gasteiger partial charge < -0.3 is 15.2 Å². The average Bonchev–Trinajstić information content (AvgIpc) is 2.53. The Balaban J connectivity index is 2.49. The Bertz CT molecular complexity index is 659. The molecule has 0 amide bonds. The zero-order valence-corrected chi connectivity index (χ0v) is 12.7. The van der Waals surface area contributed by atoms with Gasteiger partial charge in [-0.05, 0) is 25.5 Å². The molecule has 0 atom stereocenters. The summed E-state index contributed by atoms with van der Waals surface area (Å²) in [6, 6.07) is 8.76. The van der Waals surface area contributed by atoms with Gasteiger partial charge in [0.25, 0.3) is 0 Å². The molecule has 22 heavy (non-hydrogen) atoms. The number of carbonyl (C=O) groups is 1. The van der Waals surface area contributed by atoms with Crippen molar-refractivity contribution in [1.82, 2.24) is 9.97 Å². The number of nitrogens with zero attached hydrogens (tertiary/aromatic N) is 2. The molecule has 2 rings (SSSR count). The summed E-state index contributed by atoms with van der Waals surface area (Å²) in [7, 11) is 0. The second-order valence-corrected chi connectivity index (χ2v) is 4.62. The highest BCUT2D eigenvalue weighted by Gasteiger charge is 2.14. The van der Waals surface area contributed by atoms with E-state index in [1.165, 1.54) is 6.07 Å². The number of rotatable bonds is 7. The highest BCUT2D eigenvalue weighted by molar-refractivity contribution is 5.87. The van der Waals surface area contributed by atoms with Crippen molar-refractivity contribution in [2.45, 2.75) is 20.3 Å². The predicted molar refractivity (Wildman–Crippen MR) is 84.4 cm³/mol. The van der Waals surface area contributed by atoms with Crippen molar-refractivity contribution in [3.05, 3.63) is 36.0 Å². The van der Waals surface area contributed by atoms with Crippen molar-refractivity contribution < 1.29 is 14.6 Å². The molecular formula is C16H19N3O3. The summed E-state index contributed by atoms with van der Waals surface area (Å²) in [6.07, 6.45) is 0.914. The lowest BCUT2D eigenvalue weighted by molar-refractivity contribution is 0.0690. The number of hydrogen-bond donors (Lipinski definition) is 2. The zero-order chi connectivity index (χ0) is 15.9. The van der Waals surface area contributed by atoms with Crippen LogP contribution in [0.25, 0.3) is 11.4 Å². The Morgan fingerprint density at radius 1 is 1.27 bits per heavy atom. The second kappa shape index (κ2) is 7.40. The quantitative estimate of drug-likeness (QED) is 0.817. The Kier molecular flexibility index (Phi) is 5.30. The third-order valence-corrected chi connectivity index (χ3v) is 2.93. The Morgan fingerprint density at radius 2 is 2.05 bits per heavy atom. The molecule has 0 unspecified atom stereocenters. The minimum Gasteiger partial charge on any atom is -0.493 e. The van der Waals surface area contributed by atoms with E-state index in [0.717, 1.165) is 6.42 Å². The summed E-state index contributed by atoms with van der Waals surface area (Å²) in [5.41, 5.74) is 0.627. The summed E-state index contributed by atoms with van der Waals surface area (Å²) in [6.45, 7) is 5.14. The lowest BCUT2D eigenvalue weighted by Crippen LogP contribution is -2.09. The number of hydrogen-bond acceptors (Lipinski definition) is 5. The third kappa shape index (κ3) is 3.72. The summed E-state index contributed by atoms with van der Waals surface area (Å²) in [5, 5.41) is 12.3. The number of ether oxygens (including phenoxy) is 1. The maximum atomic E-state index is 11.3. The maximum Gasteiger partial charge on any atom is 0.354 e. The van der Waals surface area contributed by atoms with Gasteiger partial charge in [-0.25, -0.2) is 14.8 Å². The fraction of sp³-hybridized carbons (Fsp3) is 0.312. The minimum absolute atomic E-state index is 0.0464. The lowest BCUT2D eigenvalue weighted by Gasteiger charge is -2.11. The molecular weight excluding hydrogens is 282 g/mol. The standard InChI is InChI=1S/C16H19N3O3/c1-3-9-17-14-10-12(16(20)21)18-15(19-14)11-7-5-6-8-13(11)22-4-2/h5-8,10H,3-4,9H2,1-2H3,(H,20,21)(H,17,18,19). The van der Waals surface area contributed by atoms with Crippen LogP contribution in [0.5, 0.6) is 5.75 Å². The average molecular weight is 301 g/mol. The molecule has 0 aliphatic carbocycles. The van der Waals surface area contributed by atoms with Crippen molar-refractivity contribution in [3.63, 3.8) is 0 Å². The molecule has 1 aromatic heterocycles. The predicted octanol–water partition coefficient (Wildman–Crippen LogP) is 3.06. The van der Waals surface area contributed by atoms with E-state index in [4.69, 9.17) is 4.74 Å². The molecule has 6 nitrogen and oxygen atoms in total. The summed E-state index contributed by atoms with van der Waals surface area (Å²) >= 11 is 0. The number of para-hydroxylation sites is 1. The van der Waals surface area contributed by atoms with E-state index < -0.39 is 5.97 Å². The molecule has 0 aliphatic heterocycles. The first-order valence-corrected chi connectivity index (χ1v) is 7.24. The number of nitrogens with one attached hydrogen (secondary N) is 1. The number of anilines is 1. The van der Waals surface area contributed by atoms with Crippen LogP contribution < -0.4 is 10.1 Å². The first kappa shape index (κ1) is 15.8. The first-order chi connectivity index (χ1) is 10.7. The summed E-state index contributed by atoms with van der Waals surface area (Å²) < 4.78 is 5.56. The van der Waals surface area contributed by atoms with Crippen molar-refractivity contribution in [2.75, 3.05) is 18.5 Å². The topological polar surface area (TPSA) is 84.3 Å². The van der Waals surface area contributed by atoms with Crippen LogP contribution in [-0.2, 0) is 0 Å². The van der Waals surface area contributed by atoms with Crippen LogP contribution in [0.1, 0.15) is 30.8 Å². The molecule has 1 heterocycles. The molecule has 0 fully saturated rings. The zero-order valence-electron chi connectivity index (χ0n) is 12.7. The van der Waals surface area contributed by atoms with Gasteiger partial charge in [0.15, 0.2) is 11.5 Å². The third-order valence-electron chi connectivity index (χ3n) is 2.93. The lowest BCUT2D eigenvalue weighted by atomic mass is 10.2. The van der Waals surface area contributed by atoms with Gasteiger partial charge in [-0.2, -0.15) is 0 Å². The SMILES string of the molecule is CCCNc1cc(C(=O)O)nc(-c2ccccc2OCC)n1. The van der Waals surface area contributed by atoms with Crippen LogP contribution in [0.4, 0.5) is 5.82 Å². The van der Waals surface area contributed by atoms with Crippen LogP contribution in [0.2, 0.25) is 0 Å². The fourth-order valence-electron chi connectivity index (χ4n) is 1.95. The van der Waals surface area contributed by atoms with Crippen molar-refractivity contribution in [2.24, 2.45) is 0 Å². The Morgan fingerprint density at radius 3 is 2.73 bits per heavy atom. The van der Waals surface area contributed by atoms with E-state index >= 15 is 0 Å². The monoisotopic (exact) mass is 301 g/mol. The maximum absolute atomic E-state index is 11.3.